The summed E-state index contributed by atoms with van der Waals surface area (Å²) in [5, 5.41) is 2.89. The molecule has 2 aromatic rings. The summed E-state index contributed by atoms with van der Waals surface area (Å²) in [5.41, 5.74) is 0.978. The van der Waals surface area contributed by atoms with Crippen molar-refractivity contribution in [1.82, 2.24) is 4.90 Å². The third-order valence-corrected chi connectivity index (χ3v) is 5.05. The Balaban J connectivity index is 1.49. The maximum atomic E-state index is 12.4. The Labute approximate surface area is 194 Å². The van der Waals surface area contributed by atoms with Crippen LogP contribution < -0.4 is 19.5 Å². The lowest BCUT2D eigenvalue weighted by molar-refractivity contribution is -0.115. The first-order valence-electron chi connectivity index (χ1n) is 10.9. The van der Waals surface area contributed by atoms with Crippen LogP contribution in [0.25, 0.3) is 0 Å². The van der Waals surface area contributed by atoms with E-state index in [-0.39, 0.29) is 24.5 Å². The number of amides is 2. The monoisotopic (exact) mass is 456 g/mol. The van der Waals surface area contributed by atoms with Gasteiger partial charge < -0.3 is 29.2 Å². The highest BCUT2D eigenvalue weighted by Crippen LogP contribution is 2.28. The van der Waals surface area contributed by atoms with Gasteiger partial charge in [-0.2, -0.15) is 0 Å². The third-order valence-electron chi connectivity index (χ3n) is 5.05. The average molecular weight is 457 g/mol. The molecular formula is C25H32N2O6. The van der Waals surface area contributed by atoms with E-state index in [1.807, 2.05) is 39.0 Å². The summed E-state index contributed by atoms with van der Waals surface area (Å²) < 4.78 is 21.9. The zero-order valence-corrected chi connectivity index (χ0v) is 19.8. The van der Waals surface area contributed by atoms with Gasteiger partial charge in [0.25, 0.3) is 0 Å². The van der Waals surface area contributed by atoms with Crippen molar-refractivity contribution in [2.24, 2.45) is 0 Å². The Morgan fingerprint density at radius 2 is 1.73 bits per heavy atom. The predicted octanol–water partition coefficient (Wildman–Crippen LogP) is 4.27. The molecule has 8 heteroatoms. The van der Waals surface area contributed by atoms with Crippen LogP contribution in [0.4, 0.5) is 10.5 Å². The van der Waals surface area contributed by atoms with Crippen molar-refractivity contribution in [2.45, 2.75) is 45.3 Å². The minimum atomic E-state index is -0.518. The molecule has 1 aliphatic rings. The first-order chi connectivity index (χ1) is 15.7. The Morgan fingerprint density at radius 3 is 2.36 bits per heavy atom. The van der Waals surface area contributed by atoms with Crippen molar-refractivity contribution in [3.05, 3.63) is 48.0 Å². The van der Waals surface area contributed by atoms with Gasteiger partial charge in [-0.25, -0.2) is 4.79 Å². The molecule has 0 aromatic heterocycles. The fourth-order valence-corrected chi connectivity index (χ4v) is 3.51. The lowest BCUT2D eigenvalue weighted by Crippen LogP contribution is -2.36. The Bertz CT molecular complexity index is 968. The number of nitrogens with one attached hydrogen (secondary N) is 1. The zero-order chi connectivity index (χ0) is 24.0. The van der Waals surface area contributed by atoms with Crippen LogP contribution in [-0.4, -0.2) is 55.9 Å². The van der Waals surface area contributed by atoms with Crippen LogP contribution in [0.15, 0.2) is 42.5 Å². The first-order valence-corrected chi connectivity index (χ1v) is 10.9. The highest BCUT2D eigenvalue weighted by Gasteiger charge is 2.30. The van der Waals surface area contributed by atoms with E-state index in [0.717, 1.165) is 12.0 Å². The third kappa shape index (κ3) is 7.03. The zero-order valence-electron chi connectivity index (χ0n) is 19.8. The molecule has 8 nitrogen and oxygen atoms in total. The molecule has 2 amide bonds. The number of carbonyl (C=O) groups is 2. The molecule has 1 atom stereocenters. The van der Waals surface area contributed by atoms with Crippen LogP contribution in [0.1, 0.15) is 32.8 Å². The average Bonchev–Trinajstić information content (AvgIpc) is 3.22. The molecule has 33 heavy (non-hydrogen) atoms. The summed E-state index contributed by atoms with van der Waals surface area (Å²) >= 11 is 0. The number of nitrogens with zero attached hydrogens (tertiary/aromatic N) is 1. The molecule has 2 aromatic carbocycles. The maximum absolute atomic E-state index is 12.4. The van der Waals surface area contributed by atoms with Gasteiger partial charge in [0.2, 0.25) is 5.91 Å². The molecule has 1 heterocycles. The number of likely N-dealkylation sites (tertiary alicyclic amines) is 1. The summed E-state index contributed by atoms with van der Waals surface area (Å²) in [6.07, 6.45) is 0.536. The standard InChI is InChI=1S/C25H32N2O6/c1-25(2,3)33-24(29)27-13-12-20(16-27)32-19-9-7-18(8-10-19)26-23(28)15-17-6-11-21(30-4)22(14-17)31-5/h6-11,14,20H,12-13,15-16H2,1-5H3,(H,26,28). The molecule has 1 fully saturated rings. The lowest BCUT2D eigenvalue weighted by Gasteiger charge is -2.24. The molecule has 0 radical (unpaired) electrons. The Hall–Kier alpha value is -3.42. The molecule has 1 N–H and O–H groups in total. The second kappa shape index (κ2) is 10.5. The van der Waals surface area contributed by atoms with Crippen LogP contribution in [0.3, 0.4) is 0 Å². The van der Waals surface area contributed by atoms with Gasteiger partial charge in [-0.05, 0) is 62.7 Å². The second-order valence-corrected chi connectivity index (χ2v) is 8.89. The minimum Gasteiger partial charge on any atom is -0.493 e. The van der Waals surface area contributed by atoms with Crippen LogP contribution in [-0.2, 0) is 16.0 Å². The molecule has 0 bridgehead atoms. The van der Waals surface area contributed by atoms with E-state index in [9.17, 15) is 9.59 Å². The SMILES string of the molecule is COc1ccc(CC(=O)Nc2ccc(OC3CCN(C(=O)OC(C)(C)C)C3)cc2)cc1OC. The van der Waals surface area contributed by atoms with Crippen molar-refractivity contribution in [3.63, 3.8) is 0 Å². The van der Waals surface area contributed by atoms with E-state index in [1.54, 1.807) is 43.4 Å². The fourth-order valence-electron chi connectivity index (χ4n) is 3.51. The fraction of sp³-hybridized carbons (Fsp3) is 0.440. The van der Waals surface area contributed by atoms with E-state index in [4.69, 9.17) is 18.9 Å². The molecule has 1 saturated heterocycles. The molecule has 178 valence electrons. The Kier molecular flexibility index (Phi) is 7.68. The summed E-state index contributed by atoms with van der Waals surface area (Å²) in [6, 6.07) is 12.6. The molecule has 0 spiro atoms. The smallest absolute Gasteiger partial charge is 0.410 e. The summed E-state index contributed by atoms with van der Waals surface area (Å²) in [4.78, 5) is 26.3. The number of rotatable bonds is 7. The van der Waals surface area contributed by atoms with Gasteiger partial charge >= 0.3 is 6.09 Å². The second-order valence-electron chi connectivity index (χ2n) is 8.89. The highest BCUT2D eigenvalue weighted by atomic mass is 16.6. The molecule has 1 unspecified atom stereocenters. The van der Waals surface area contributed by atoms with E-state index in [2.05, 4.69) is 5.32 Å². The van der Waals surface area contributed by atoms with E-state index in [0.29, 0.717) is 36.0 Å². The number of hydrogen-bond donors (Lipinski definition) is 1. The maximum Gasteiger partial charge on any atom is 0.410 e. The van der Waals surface area contributed by atoms with Crippen molar-refractivity contribution in [3.8, 4) is 17.2 Å². The van der Waals surface area contributed by atoms with Crippen molar-refractivity contribution in [1.29, 1.82) is 0 Å². The number of benzene rings is 2. The van der Waals surface area contributed by atoms with E-state index >= 15 is 0 Å². The molecule has 0 aliphatic carbocycles. The van der Waals surface area contributed by atoms with Crippen molar-refractivity contribution >= 4 is 17.7 Å². The van der Waals surface area contributed by atoms with Crippen molar-refractivity contribution in [2.75, 3.05) is 32.6 Å². The number of ether oxygens (including phenoxy) is 4. The summed E-state index contributed by atoms with van der Waals surface area (Å²) in [6.45, 7) is 6.64. The van der Waals surface area contributed by atoms with Crippen LogP contribution in [0.5, 0.6) is 17.2 Å². The largest absolute Gasteiger partial charge is 0.493 e. The Morgan fingerprint density at radius 1 is 1.03 bits per heavy atom. The molecule has 0 saturated carbocycles. The van der Waals surface area contributed by atoms with Gasteiger partial charge in [-0.1, -0.05) is 6.07 Å². The normalized spacial score (nSPS) is 15.7. The topological polar surface area (TPSA) is 86.3 Å². The molecule has 1 aliphatic heterocycles. The summed E-state index contributed by atoms with van der Waals surface area (Å²) in [7, 11) is 3.13. The highest BCUT2D eigenvalue weighted by molar-refractivity contribution is 5.92. The number of anilines is 1. The van der Waals surface area contributed by atoms with Gasteiger partial charge in [0.15, 0.2) is 11.5 Å². The van der Waals surface area contributed by atoms with Gasteiger partial charge in [-0.3, -0.25) is 4.79 Å². The molecule has 3 rings (SSSR count). The molecular weight excluding hydrogens is 424 g/mol. The van der Waals surface area contributed by atoms with Gasteiger partial charge in [0, 0.05) is 18.7 Å². The van der Waals surface area contributed by atoms with Crippen LogP contribution in [0.2, 0.25) is 0 Å². The van der Waals surface area contributed by atoms with Gasteiger partial charge in [0.05, 0.1) is 27.2 Å². The predicted molar refractivity (Wildman–Crippen MR) is 125 cm³/mol. The van der Waals surface area contributed by atoms with Gasteiger partial charge in [-0.15, -0.1) is 0 Å². The lowest BCUT2D eigenvalue weighted by atomic mass is 10.1. The quantitative estimate of drug-likeness (QED) is 0.670. The van der Waals surface area contributed by atoms with Gasteiger partial charge in [0.1, 0.15) is 17.5 Å². The van der Waals surface area contributed by atoms with E-state index < -0.39 is 5.60 Å². The summed E-state index contributed by atoms with van der Waals surface area (Å²) in [5.74, 6) is 1.75. The first kappa shape index (κ1) is 24.2. The van der Waals surface area contributed by atoms with Crippen LogP contribution >= 0.6 is 0 Å². The number of carbonyl (C=O) groups excluding carboxylic acids is 2. The minimum absolute atomic E-state index is 0.0944. The van der Waals surface area contributed by atoms with Crippen molar-refractivity contribution < 1.29 is 28.5 Å². The number of hydrogen-bond acceptors (Lipinski definition) is 6. The number of methoxy groups -OCH3 is 2. The van der Waals surface area contributed by atoms with Crippen LogP contribution in [0, 0.1) is 0 Å². The van der Waals surface area contributed by atoms with E-state index in [1.165, 1.54) is 0 Å².